The van der Waals surface area contributed by atoms with Crippen LogP contribution in [0.2, 0.25) is 0 Å². The Morgan fingerprint density at radius 2 is 1.91 bits per heavy atom. The van der Waals surface area contributed by atoms with E-state index in [1.165, 1.54) is 6.92 Å². The Kier molecular flexibility index (Phi) is 4.93. The molecule has 2 N–H and O–H groups in total. The van der Waals surface area contributed by atoms with Gasteiger partial charge in [0.15, 0.2) is 5.69 Å². The fourth-order valence-corrected chi connectivity index (χ4v) is 1.91. The second-order valence-corrected chi connectivity index (χ2v) is 5.45. The molecule has 1 heterocycles. The van der Waals surface area contributed by atoms with E-state index in [4.69, 9.17) is 0 Å². The first kappa shape index (κ1) is 15.8. The molecule has 0 spiro atoms. The summed E-state index contributed by atoms with van der Waals surface area (Å²) in [6.45, 7) is 6.03. The van der Waals surface area contributed by atoms with Crippen LogP contribution >= 0.6 is 0 Å². The van der Waals surface area contributed by atoms with Crippen LogP contribution in [0.25, 0.3) is 5.69 Å². The van der Waals surface area contributed by atoms with Crippen LogP contribution in [0.1, 0.15) is 31.3 Å². The minimum atomic E-state index is -0.255. The summed E-state index contributed by atoms with van der Waals surface area (Å²) in [5.41, 5.74) is 1.04. The molecule has 0 aliphatic carbocycles. The van der Waals surface area contributed by atoms with Gasteiger partial charge < -0.3 is 10.6 Å². The lowest BCUT2D eigenvalue weighted by Crippen LogP contribution is -2.27. The molecule has 0 aliphatic heterocycles. The van der Waals surface area contributed by atoms with Crippen LogP contribution in [0.15, 0.2) is 36.4 Å². The van der Waals surface area contributed by atoms with Crippen molar-refractivity contribution in [1.29, 1.82) is 0 Å². The quantitative estimate of drug-likeness (QED) is 0.889. The van der Waals surface area contributed by atoms with E-state index in [1.807, 2.05) is 44.2 Å². The van der Waals surface area contributed by atoms with Gasteiger partial charge in [-0.1, -0.05) is 32.0 Å². The van der Waals surface area contributed by atoms with Gasteiger partial charge >= 0.3 is 0 Å². The molecule has 2 amide bonds. The minimum absolute atomic E-state index is 0.216. The van der Waals surface area contributed by atoms with Crippen molar-refractivity contribution in [3.05, 3.63) is 42.1 Å². The molecule has 0 saturated heterocycles. The molecule has 6 nitrogen and oxygen atoms in total. The van der Waals surface area contributed by atoms with Crippen LogP contribution < -0.4 is 10.6 Å². The highest BCUT2D eigenvalue weighted by atomic mass is 16.2. The maximum Gasteiger partial charge on any atom is 0.271 e. The van der Waals surface area contributed by atoms with Crippen LogP contribution in [0.3, 0.4) is 0 Å². The maximum absolute atomic E-state index is 12.1. The zero-order valence-electron chi connectivity index (χ0n) is 13.0. The molecule has 0 radical (unpaired) electrons. The van der Waals surface area contributed by atoms with E-state index >= 15 is 0 Å². The van der Waals surface area contributed by atoms with Crippen molar-refractivity contribution in [2.24, 2.45) is 5.92 Å². The van der Waals surface area contributed by atoms with Crippen molar-refractivity contribution in [3.63, 3.8) is 0 Å². The maximum atomic E-state index is 12.1. The fourth-order valence-electron chi connectivity index (χ4n) is 1.91. The summed E-state index contributed by atoms with van der Waals surface area (Å²) >= 11 is 0. The normalized spacial score (nSPS) is 10.5. The van der Waals surface area contributed by atoms with Crippen molar-refractivity contribution < 1.29 is 9.59 Å². The number of carbonyl (C=O) groups excluding carboxylic acids is 2. The van der Waals surface area contributed by atoms with Crippen molar-refractivity contribution in [2.75, 3.05) is 11.9 Å². The number of hydrogen-bond donors (Lipinski definition) is 2. The standard InChI is InChI=1S/C16H20N4O2/c1-11(2)10-17-16(22)14-9-15(18-12(3)21)20(19-14)13-7-5-4-6-8-13/h4-9,11H,10H2,1-3H3,(H,17,22)(H,18,21). The Morgan fingerprint density at radius 3 is 2.50 bits per heavy atom. The Balaban J connectivity index is 2.32. The molecule has 1 aromatic heterocycles. The van der Waals surface area contributed by atoms with Crippen LogP contribution in [-0.2, 0) is 4.79 Å². The summed E-state index contributed by atoms with van der Waals surface area (Å²) in [5.74, 6) is 0.351. The van der Waals surface area contributed by atoms with E-state index in [0.717, 1.165) is 5.69 Å². The minimum Gasteiger partial charge on any atom is -0.350 e. The number of para-hydroxylation sites is 1. The average molecular weight is 300 g/mol. The Hall–Kier alpha value is -2.63. The topological polar surface area (TPSA) is 76.0 Å². The summed E-state index contributed by atoms with van der Waals surface area (Å²) in [7, 11) is 0. The molecule has 0 atom stereocenters. The van der Waals surface area contributed by atoms with Gasteiger partial charge in [-0.15, -0.1) is 0 Å². The highest BCUT2D eigenvalue weighted by molar-refractivity contribution is 5.95. The van der Waals surface area contributed by atoms with Crippen LogP contribution in [-0.4, -0.2) is 28.1 Å². The molecule has 0 fully saturated rings. The summed E-state index contributed by atoms with van der Waals surface area (Å²) in [4.78, 5) is 23.5. The predicted molar refractivity (Wildman–Crippen MR) is 85.0 cm³/mol. The second-order valence-electron chi connectivity index (χ2n) is 5.45. The SMILES string of the molecule is CC(=O)Nc1cc(C(=O)NCC(C)C)nn1-c1ccccc1. The second kappa shape index (κ2) is 6.89. The molecule has 1 aromatic carbocycles. The van der Waals surface area contributed by atoms with Gasteiger partial charge in [-0.25, -0.2) is 4.68 Å². The number of amides is 2. The lowest BCUT2D eigenvalue weighted by Gasteiger charge is -2.07. The highest BCUT2D eigenvalue weighted by Gasteiger charge is 2.16. The van der Waals surface area contributed by atoms with Gasteiger partial charge in [0.05, 0.1) is 5.69 Å². The monoisotopic (exact) mass is 300 g/mol. The van der Waals surface area contributed by atoms with Crippen LogP contribution in [0, 0.1) is 5.92 Å². The van der Waals surface area contributed by atoms with Crippen molar-refractivity contribution in [1.82, 2.24) is 15.1 Å². The number of benzene rings is 1. The molecule has 2 aromatic rings. The molecule has 0 bridgehead atoms. The number of rotatable bonds is 5. The Morgan fingerprint density at radius 1 is 1.23 bits per heavy atom. The van der Waals surface area contributed by atoms with Gasteiger partial charge in [0, 0.05) is 19.5 Å². The van der Waals surface area contributed by atoms with E-state index in [-0.39, 0.29) is 17.5 Å². The van der Waals surface area contributed by atoms with Crippen LogP contribution in [0.4, 0.5) is 5.82 Å². The van der Waals surface area contributed by atoms with E-state index in [1.54, 1.807) is 10.7 Å². The van der Waals surface area contributed by atoms with Crippen molar-refractivity contribution >= 4 is 17.6 Å². The van der Waals surface area contributed by atoms with Gasteiger partial charge in [-0.3, -0.25) is 9.59 Å². The first-order valence-electron chi connectivity index (χ1n) is 7.18. The van der Waals surface area contributed by atoms with Gasteiger partial charge in [-0.05, 0) is 18.1 Å². The first-order chi connectivity index (χ1) is 10.5. The number of carbonyl (C=O) groups is 2. The van der Waals surface area contributed by atoms with E-state index in [2.05, 4.69) is 15.7 Å². The predicted octanol–water partition coefficient (Wildman–Crippen LogP) is 2.22. The number of hydrogen-bond acceptors (Lipinski definition) is 3. The van der Waals surface area contributed by atoms with Gasteiger partial charge in [0.25, 0.3) is 5.91 Å². The largest absolute Gasteiger partial charge is 0.350 e. The number of anilines is 1. The molecule has 6 heteroatoms. The average Bonchev–Trinajstić information content (AvgIpc) is 2.88. The van der Waals surface area contributed by atoms with Crippen molar-refractivity contribution in [2.45, 2.75) is 20.8 Å². The molecule has 0 aliphatic rings. The molecular weight excluding hydrogens is 280 g/mol. The summed E-state index contributed by atoms with van der Waals surface area (Å²) in [5, 5.41) is 9.81. The van der Waals surface area contributed by atoms with Gasteiger partial charge in [-0.2, -0.15) is 5.10 Å². The molecule has 116 valence electrons. The molecule has 0 saturated carbocycles. The van der Waals surface area contributed by atoms with Crippen LogP contribution in [0.5, 0.6) is 0 Å². The fraction of sp³-hybridized carbons (Fsp3) is 0.312. The molecule has 0 unspecified atom stereocenters. The van der Waals surface area contributed by atoms with E-state index in [9.17, 15) is 9.59 Å². The van der Waals surface area contributed by atoms with Crippen molar-refractivity contribution in [3.8, 4) is 5.69 Å². The van der Waals surface area contributed by atoms with E-state index < -0.39 is 0 Å². The summed E-state index contributed by atoms with van der Waals surface area (Å²) in [6.07, 6.45) is 0. The van der Waals surface area contributed by atoms with E-state index in [0.29, 0.717) is 18.3 Å². The van der Waals surface area contributed by atoms with Gasteiger partial charge in [0.2, 0.25) is 5.91 Å². The molecule has 22 heavy (non-hydrogen) atoms. The third-order valence-corrected chi connectivity index (χ3v) is 2.92. The third kappa shape index (κ3) is 3.94. The third-order valence-electron chi connectivity index (χ3n) is 2.92. The lowest BCUT2D eigenvalue weighted by atomic mass is 10.2. The summed E-state index contributed by atoms with van der Waals surface area (Å²) < 4.78 is 1.55. The number of aromatic nitrogens is 2. The smallest absolute Gasteiger partial charge is 0.271 e. The zero-order valence-corrected chi connectivity index (χ0v) is 13.0. The number of nitrogens with one attached hydrogen (secondary N) is 2. The lowest BCUT2D eigenvalue weighted by molar-refractivity contribution is -0.114. The van der Waals surface area contributed by atoms with Gasteiger partial charge in [0.1, 0.15) is 5.82 Å². The Bertz CT molecular complexity index is 662. The molecule has 2 rings (SSSR count). The highest BCUT2D eigenvalue weighted by Crippen LogP contribution is 2.17. The molecular formula is C16H20N4O2. The first-order valence-corrected chi connectivity index (χ1v) is 7.18. The zero-order chi connectivity index (χ0) is 16.1. The summed E-state index contributed by atoms with van der Waals surface area (Å²) in [6, 6.07) is 10.9. The number of nitrogens with zero attached hydrogens (tertiary/aromatic N) is 2. The Labute approximate surface area is 129 Å².